The molecule has 1 fully saturated rings. The first kappa shape index (κ1) is 13.4. The minimum Gasteiger partial charge on any atom is -0.462 e. The monoisotopic (exact) mass is 315 g/mol. The van der Waals surface area contributed by atoms with E-state index in [1.165, 1.54) is 11.8 Å². The Labute approximate surface area is 130 Å². The Balaban J connectivity index is 1.60. The highest BCUT2D eigenvalue weighted by atomic mass is 32.2. The Morgan fingerprint density at radius 1 is 1.32 bits per heavy atom. The highest BCUT2D eigenvalue weighted by Crippen LogP contribution is 2.34. The van der Waals surface area contributed by atoms with E-state index in [0.717, 1.165) is 16.5 Å². The Kier molecular flexibility index (Phi) is 3.15. The standard InChI is InChI=1S/C15H13N3O3S/c1-8-6-12(14(19)20-8)22-15-18-17-13(21-15)10-7-16-11-5-3-2-4-9(10)11/h2-5,7-8,12,16H,6H2,1H3. The maximum absolute atomic E-state index is 11.7. The summed E-state index contributed by atoms with van der Waals surface area (Å²) in [4.78, 5) is 14.8. The molecule has 2 unspecified atom stereocenters. The van der Waals surface area contributed by atoms with Gasteiger partial charge in [0.2, 0.25) is 0 Å². The van der Waals surface area contributed by atoms with Gasteiger partial charge in [0.25, 0.3) is 11.1 Å². The predicted octanol–water partition coefficient (Wildman–Crippen LogP) is 3.01. The predicted molar refractivity (Wildman–Crippen MR) is 81.4 cm³/mol. The molecule has 0 aliphatic carbocycles. The van der Waals surface area contributed by atoms with Crippen molar-refractivity contribution in [1.29, 1.82) is 0 Å². The summed E-state index contributed by atoms with van der Waals surface area (Å²) in [6, 6.07) is 7.90. The van der Waals surface area contributed by atoms with E-state index in [1.807, 2.05) is 37.4 Å². The number of aromatic nitrogens is 3. The van der Waals surface area contributed by atoms with E-state index in [0.29, 0.717) is 17.5 Å². The summed E-state index contributed by atoms with van der Waals surface area (Å²) in [6.45, 7) is 1.88. The van der Waals surface area contributed by atoms with Crippen LogP contribution in [-0.2, 0) is 9.53 Å². The number of carbonyl (C=O) groups is 1. The van der Waals surface area contributed by atoms with Gasteiger partial charge in [0.1, 0.15) is 11.4 Å². The van der Waals surface area contributed by atoms with Crippen molar-refractivity contribution in [3.8, 4) is 11.5 Å². The Hall–Kier alpha value is -2.28. The molecule has 1 saturated heterocycles. The fourth-order valence-corrected chi connectivity index (χ4v) is 3.53. The van der Waals surface area contributed by atoms with Gasteiger partial charge in [-0.25, -0.2) is 0 Å². The number of cyclic esters (lactones) is 1. The first-order valence-corrected chi connectivity index (χ1v) is 7.86. The number of esters is 1. The number of hydrogen-bond acceptors (Lipinski definition) is 6. The first-order chi connectivity index (χ1) is 10.7. The van der Waals surface area contributed by atoms with Crippen LogP contribution in [0, 0.1) is 0 Å². The lowest BCUT2D eigenvalue weighted by Gasteiger charge is -1.99. The van der Waals surface area contributed by atoms with E-state index in [2.05, 4.69) is 15.2 Å². The van der Waals surface area contributed by atoms with Crippen LogP contribution < -0.4 is 0 Å². The second kappa shape index (κ2) is 5.17. The number of carbonyl (C=O) groups excluding carboxylic acids is 1. The zero-order valence-electron chi connectivity index (χ0n) is 11.8. The third-order valence-corrected chi connectivity index (χ3v) is 4.63. The van der Waals surface area contributed by atoms with Crippen molar-refractivity contribution in [1.82, 2.24) is 15.2 Å². The van der Waals surface area contributed by atoms with Crippen molar-refractivity contribution < 1.29 is 13.9 Å². The number of ether oxygens (including phenoxy) is 1. The summed E-state index contributed by atoms with van der Waals surface area (Å²) in [5.41, 5.74) is 1.87. The molecule has 3 aromatic rings. The SMILES string of the molecule is CC1CC(Sc2nnc(-c3c[nH]c4ccccc34)o2)C(=O)O1. The number of aromatic amines is 1. The van der Waals surface area contributed by atoms with Gasteiger partial charge in [0.05, 0.1) is 5.56 Å². The molecule has 1 aromatic carbocycles. The number of para-hydroxylation sites is 1. The van der Waals surface area contributed by atoms with Crippen LogP contribution >= 0.6 is 11.8 Å². The minimum absolute atomic E-state index is 0.0546. The Bertz CT molecular complexity index is 841. The second-order valence-electron chi connectivity index (χ2n) is 5.21. The van der Waals surface area contributed by atoms with E-state index in [9.17, 15) is 4.79 Å². The summed E-state index contributed by atoms with van der Waals surface area (Å²) in [5.74, 6) is 0.226. The van der Waals surface area contributed by atoms with Gasteiger partial charge in [0, 0.05) is 23.5 Å². The molecule has 0 amide bonds. The van der Waals surface area contributed by atoms with Gasteiger partial charge >= 0.3 is 5.97 Å². The van der Waals surface area contributed by atoms with Crippen LogP contribution in [0.1, 0.15) is 13.3 Å². The molecule has 2 aromatic heterocycles. The lowest BCUT2D eigenvalue weighted by Crippen LogP contribution is -2.09. The van der Waals surface area contributed by atoms with Crippen LogP contribution in [0.15, 0.2) is 40.1 Å². The molecule has 4 rings (SSSR count). The number of benzene rings is 1. The lowest BCUT2D eigenvalue weighted by molar-refractivity contribution is -0.140. The molecule has 6 nitrogen and oxygen atoms in total. The number of nitrogens with one attached hydrogen (secondary N) is 1. The van der Waals surface area contributed by atoms with Crippen molar-refractivity contribution in [2.75, 3.05) is 0 Å². The second-order valence-corrected chi connectivity index (χ2v) is 6.36. The average molecular weight is 315 g/mol. The topological polar surface area (TPSA) is 81.0 Å². The molecular weight excluding hydrogens is 302 g/mol. The molecule has 1 N–H and O–H groups in total. The summed E-state index contributed by atoms with van der Waals surface area (Å²) < 4.78 is 10.8. The van der Waals surface area contributed by atoms with Gasteiger partial charge in [-0.2, -0.15) is 0 Å². The van der Waals surface area contributed by atoms with Crippen molar-refractivity contribution in [3.63, 3.8) is 0 Å². The number of hydrogen-bond donors (Lipinski definition) is 1. The molecule has 1 aliphatic rings. The average Bonchev–Trinajstić information content (AvgIpc) is 3.18. The van der Waals surface area contributed by atoms with Crippen LogP contribution in [0.5, 0.6) is 0 Å². The molecule has 1 aliphatic heterocycles. The molecule has 0 spiro atoms. The Morgan fingerprint density at radius 3 is 3.00 bits per heavy atom. The van der Waals surface area contributed by atoms with Gasteiger partial charge in [-0.1, -0.05) is 18.2 Å². The fraction of sp³-hybridized carbons (Fsp3) is 0.267. The number of rotatable bonds is 3. The van der Waals surface area contributed by atoms with E-state index in [1.54, 1.807) is 0 Å². The molecule has 7 heteroatoms. The zero-order chi connectivity index (χ0) is 15.1. The van der Waals surface area contributed by atoms with Gasteiger partial charge in [-0.15, -0.1) is 10.2 Å². The van der Waals surface area contributed by atoms with Crippen molar-refractivity contribution in [2.24, 2.45) is 0 Å². The number of thioether (sulfide) groups is 1. The van der Waals surface area contributed by atoms with Crippen LogP contribution in [0.3, 0.4) is 0 Å². The zero-order valence-corrected chi connectivity index (χ0v) is 12.6. The molecule has 112 valence electrons. The molecule has 0 radical (unpaired) electrons. The molecule has 0 bridgehead atoms. The minimum atomic E-state index is -0.272. The number of H-pyrrole nitrogens is 1. The van der Waals surface area contributed by atoms with Crippen LogP contribution in [0.4, 0.5) is 0 Å². The van der Waals surface area contributed by atoms with Gasteiger partial charge in [0.15, 0.2) is 0 Å². The summed E-state index contributed by atoms with van der Waals surface area (Å²) in [6.07, 6.45) is 2.45. The fourth-order valence-electron chi connectivity index (χ4n) is 2.55. The molecular formula is C15H13N3O3S. The molecule has 3 heterocycles. The van der Waals surface area contributed by atoms with E-state index >= 15 is 0 Å². The molecule has 2 atom stereocenters. The van der Waals surface area contributed by atoms with E-state index < -0.39 is 0 Å². The van der Waals surface area contributed by atoms with Gasteiger partial charge < -0.3 is 14.1 Å². The third-order valence-electron chi connectivity index (χ3n) is 3.60. The largest absolute Gasteiger partial charge is 0.462 e. The Morgan fingerprint density at radius 2 is 2.18 bits per heavy atom. The third kappa shape index (κ3) is 2.27. The summed E-state index contributed by atoms with van der Waals surface area (Å²) in [7, 11) is 0. The molecule has 0 saturated carbocycles. The number of fused-ring (bicyclic) bond motifs is 1. The van der Waals surface area contributed by atoms with Gasteiger partial charge in [-0.05, 0) is 24.8 Å². The van der Waals surface area contributed by atoms with Crippen molar-refractivity contribution in [2.45, 2.75) is 29.9 Å². The van der Waals surface area contributed by atoms with Crippen LogP contribution in [-0.4, -0.2) is 32.5 Å². The first-order valence-electron chi connectivity index (χ1n) is 6.98. The van der Waals surface area contributed by atoms with Crippen molar-refractivity contribution in [3.05, 3.63) is 30.5 Å². The van der Waals surface area contributed by atoms with Crippen LogP contribution in [0.25, 0.3) is 22.4 Å². The quantitative estimate of drug-likeness (QED) is 0.748. The van der Waals surface area contributed by atoms with Crippen molar-refractivity contribution >= 4 is 28.6 Å². The van der Waals surface area contributed by atoms with Gasteiger partial charge in [-0.3, -0.25) is 4.79 Å². The maximum Gasteiger partial charge on any atom is 0.320 e. The normalized spacial score (nSPS) is 21.4. The highest BCUT2D eigenvalue weighted by Gasteiger charge is 2.34. The van der Waals surface area contributed by atoms with E-state index in [-0.39, 0.29) is 17.3 Å². The van der Waals surface area contributed by atoms with Crippen LogP contribution in [0.2, 0.25) is 0 Å². The smallest absolute Gasteiger partial charge is 0.320 e. The van der Waals surface area contributed by atoms with E-state index in [4.69, 9.17) is 9.15 Å². The summed E-state index contributed by atoms with van der Waals surface area (Å²) >= 11 is 1.26. The maximum atomic E-state index is 11.7. The molecule has 22 heavy (non-hydrogen) atoms. The highest BCUT2D eigenvalue weighted by molar-refractivity contribution is 8.00. The number of nitrogens with zero attached hydrogens (tertiary/aromatic N) is 2. The summed E-state index contributed by atoms with van der Waals surface area (Å²) in [5, 5.41) is 9.25. The lowest BCUT2D eigenvalue weighted by atomic mass is 10.2.